The second kappa shape index (κ2) is 9.21. The predicted octanol–water partition coefficient (Wildman–Crippen LogP) is 6.00. The molecule has 0 spiro atoms. The first-order valence-electron chi connectivity index (χ1n) is 10.2. The maximum atomic E-state index is 13.3. The Morgan fingerprint density at radius 2 is 1.81 bits per heavy atom. The zero-order valence-corrected chi connectivity index (χ0v) is 21.3. The van der Waals surface area contributed by atoms with Gasteiger partial charge in [-0.15, -0.1) is 11.3 Å². The lowest BCUT2D eigenvalue weighted by molar-refractivity contribution is -0.132. The molecule has 2 aromatic carbocycles. The largest absolute Gasteiger partial charge is 0.507 e. The number of fused-ring (bicyclic) bond motifs is 1. The Balaban J connectivity index is 1.69. The van der Waals surface area contributed by atoms with Crippen molar-refractivity contribution in [1.82, 2.24) is 4.98 Å². The molecule has 2 aromatic heterocycles. The number of ether oxygens (including phenoxy) is 1. The lowest BCUT2D eigenvalue weighted by atomic mass is 10.00. The maximum absolute atomic E-state index is 13.3. The standard InChI is InChI=1S/C24H14Cl2N2O6S2/c1-34-21-12(25)7-11(8-13(21)26)19(29)17-18(15-3-2-6-35-15)28(22(31)20(17)30)24-27-14-5-4-10(23(32)33)9-16(14)36-24/h2-9,18,29H,1H3,(H,32,33)/b19-17+. The molecule has 182 valence electrons. The summed E-state index contributed by atoms with van der Waals surface area (Å²) in [5.41, 5.74) is 0.536. The van der Waals surface area contributed by atoms with Gasteiger partial charge in [0.25, 0.3) is 5.78 Å². The van der Waals surface area contributed by atoms with Crippen LogP contribution in [0.15, 0.2) is 53.4 Å². The predicted molar refractivity (Wildman–Crippen MR) is 139 cm³/mol. The number of aliphatic hydroxyl groups is 1. The molecular weight excluding hydrogens is 547 g/mol. The third kappa shape index (κ3) is 3.92. The Kier molecular flexibility index (Phi) is 6.21. The summed E-state index contributed by atoms with van der Waals surface area (Å²) in [6.07, 6.45) is 0. The summed E-state index contributed by atoms with van der Waals surface area (Å²) in [7, 11) is 1.40. The first kappa shape index (κ1) is 24.3. The lowest BCUT2D eigenvalue weighted by Gasteiger charge is -2.21. The van der Waals surface area contributed by atoms with Crippen LogP contribution < -0.4 is 9.64 Å². The van der Waals surface area contributed by atoms with Gasteiger partial charge in [0.2, 0.25) is 0 Å². The van der Waals surface area contributed by atoms with Gasteiger partial charge in [0.1, 0.15) is 11.8 Å². The number of carboxylic acids is 1. The molecule has 1 aliphatic heterocycles. The molecule has 12 heteroatoms. The number of carbonyl (C=O) groups is 3. The number of anilines is 1. The fourth-order valence-corrected chi connectivity index (χ4v) is 6.44. The number of carbonyl (C=O) groups excluding carboxylic acids is 2. The van der Waals surface area contributed by atoms with E-state index < -0.39 is 29.5 Å². The van der Waals surface area contributed by atoms with Gasteiger partial charge in [-0.25, -0.2) is 9.78 Å². The molecule has 1 saturated heterocycles. The van der Waals surface area contributed by atoms with Gasteiger partial charge in [-0.05, 0) is 41.8 Å². The number of amides is 1. The Morgan fingerprint density at radius 3 is 2.42 bits per heavy atom. The maximum Gasteiger partial charge on any atom is 0.335 e. The van der Waals surface area contributed by atoms with E-state index in [9.17, 15) is 24.6 Å². The Hall–Kier alpha value is -3.44. The molecule has 1 fully saturated rings. The number of benzene rings is 2. The third-order valence-corrected chi connectivity index (χ3v) is 8.07. The minimum Gasteiger partial charge on any atom is -0.507 e. The summed E-state index contributed by atoms with van der Waals surface area (Å²) < 4.78 is 5.68. The van der Waals surface area contributed by atoms with E-state index in [1.165, 1.54) is 53.7 Å². The fraction of sp³-hybridized carbons (Fsp3) is 0.0833. The fourth-order valence-electron chi connectivity index (χ4n) is 3.94. The average Bonchev–Trinajstić information content (AvgIpc) is 3.56. The molecule has 5 rings (SSSR count). The van der Waals surface area contributed by atoms with Crippen molar-refractivity contribution in [3.63, 3.8) is 0 Å². The van der Waals surface area contributed by atoms with Gasteiger partial charge < -0.3 is 14.9 Å². The monoisotopic (exact) mass is 560 g/mol. The van der Waals surface area contributed by atoms with Crippen LogP contribution in [-0.2, 0) is 9.59 Å². The minimum atomic E-state index is -1.09. The topological polar surface area (TPSA) is 117 Å². The molecule has 4 aromatic rings. The average molecular weight is 561 g/mol. The third-order valence-electron chi connectivity index (χ3n) is 5.56. The van der Waals surface area contributed by atoms with E-state index in [-0.39, 0.29) is 37.6 Å². The minimum absolute atomic E-state index is 0.0721. The Morgan fingerprint density at radius 1 is 1.08 bits per heavy atom. The molecule has 0 radical (unpaired) electrons. The number of hydrogen-bond donors (Lipinski definition) is 2. The number of Topliss-reactive ketones (excluding diaryl/α,β-unsaturated/α-hetero) is 1. The molecule has 1 amide bonds. The van der Waals surface area contributed by atoms with Crippen molar-refractivity contribution in [2.75, 3.05) is 12.0 Å². The number of thiophene rings is 1. The quantitative estimate of drug-likeness (QED) is 0.174. The Bertz CT molecular complexity index is 1570. The first-order valence-corrected chi connectivity index (χ1v) is 12.7. The molecule has 3 heterocycles. The highest BCUT2D eigenvalue weighted by Crippen LogP contribution is 2.46. The van der Waals surface area contributed by atoms with Crippen molar-refractivity contribution in [3.05, 3.63) is 79.5 Å². The summed E-state index contributed by atoms with van der Waals surface area (Å²) in [6, 6.07) is 9.73. The Labute approximate surface area is 221 Å². The molecule has 36 heavy (non-hydrogen) atoms. The molecule has 0 aliphatic carbocycles. The normalized spacial score (nSPS) is 17.2. The summed E-state index contributed by atoms with van der Waals surface area (Å²) in [5.74, 6) is -3.12. The number of ketones is 1. The second-order valence-corrected chi connectivity index (χ2v) is 10.4. The van der Waals surface area contributed by atoms with Gasteiger partial charge in [-0.3, -0.25) is 14.5 Å². The SMILES string of the molecule is COc1c(Cl)cc(/C(O)=C2\C(=O)C(=O)N(c3nc4ccc(C(=O)O)cc4s3)C2c2cccs2)cc1Cl. The van der Waals surface area contributed by atoms with Gasteiger partial charge >= 0.3 is 11.9 Å². The van der Waals surface area contributed by atoms with Crippen LogP contribution in [0.1, 0.15) is 26.8 Å². The van der Waals surface area contributed by atoms with Crippen molar-refractivity contribution in [2.45, 2.75) is 6.04 Å². The molecule has 0 bridgehead atoms. The van der Waals surface area contributed by atoms with Crippen LogP contribution in [0.25, 0.3) is 16.0 Å². The number of nitrogens with zero attached hydrogens (tertiary/aromatic N) is 2. The molecule has 8 nitrogen and oxygen atoms in total. The molecule has 1 atom stereocenters. The lowest BCUT2D eigenvalue weighted by Crippen LogP contribution is -2.28. The number of hydrogen-bond acceptors (Lipinski definition) is 8. The number of aliphatic hydroxyl groups excluding tert-OH is 1. The van der Waals surface area contributed by atoms with Crippen LogP contribution in [0.5, 0.6) is 5.75 Å². The van der Waals surface area contributed by atoms with Crippen LogP contribution in [0.3, 0.4) is 0 Å². The van der Waals surface area contributed by atoms with Crippen LogP contribution in [0.2, 0.25) is 10.0 Å². The number of thiazole rings is 1. The van der Waals surface area contributed by atoms with E-state index in [4.69, 9.17) is 27.9 Å². The van der Waals surface area contributed by atoms with Gasteiger partial charge in [-0.2, -0.15) is 0 Å². The van der Waals surface area contributed by atoms with Gasteiger partial charge in [-0.1, -0.05) is 40.6 Å². The second-order valence-electron chi connectivity index (χ2n) is 7.64. The number of carboxylic acid groups (broad SMARTS) is 1. The number of aromatic nitrogens is 1. The molecule has 1 aliphatic rings. The number of aromatic carboxylic acids is 1. The van der Waals surface area contributed by atoms with Gasteiger partial charge in [0.15, 0.2) is 10.9 Å². The van der Waals surface area contributed by atoms with Crippen LogP contribution in [0.4, 0.5) is 5.13 Å². The first-order chi connectivity index (χ1) is 17.2. The van der Waals surface area contributed by atoms with E-state index in [0.717, 1.165) is 11.3 Å². The van der Waals surface area contributed by atoms with Crippen LogP contribution in [0, 0.1) is 0 Å². The van der Waals surface area contributed by atoms with Crippen LogP contribution in [-0.4, -0.2) is 40.0 Å². The van der Waals surface area contributed by atoms with Crippen molar-refractivity contribution in [3.8, 4) is 5.75 Å². The highest BCUT2D eigenvalue weighted by atomic mass is 35.5. The smallest absolute Gasteiger partial charge is 0.335 e. The molecule has 1 unspecified atom stereocenters. The molecule has 0 saturated carbocycles. The number of rotatable bonds is 5. The van der Waals surface area contributed by atoms with Crippen LogP contribution >= 0.6 is 45.9 Å². The summed E-state index contributed by atoms with van der Waals surface area (Å²) in [4.78, 5) is 44.2. The summed E-state index contributed by atoms with van der Waals surface area (Å²) in [5, 5.41) is 22.8. The van der Waals surface area contributed by atoms with E-state index in [1.54, 1.807) is 17.5 Å². The summed E-state index contributed by atoms with van der Waals surface area (Å²) >= 11 is 14.8. The highest BCUT2D eigenvalue weighted by molar-refractivity contribution is 7.22. The highest BCUT2D eigenvalue weighted by Gasteiger charge is 2.48. The van der Waals surface area contributed by atoms with Crippen molar-refractivity contribution in [1.29, 1.82) is 0 Å². The van der Waals surface area contributed by atoms with E-state index in [1.807, 2.05) is 0 Å². The zero-order valence-electron chi connectivity index (χ0n) is 18.2. The number of halogens is 2. The molecule has 2 N–H and O–H groups in total. The van der Waals surface area contributed by atoms with Gasteiger partial charge in [0.05, 0.1) is 38.5 Å². The van der Waals surface area contributed by atoms with Crippen molar-refractivity contribution >= 4 is 84.6 Å². The number of methoxy groups -OCH3 is 1. The summed E-state index contributed by atoms with van der Waals surface area (Å²) in [6.45, 7) is 0. The van der Waals surface area contributed by atoms with E-state index in [2.05, 4.69) is 4.98 Å². The van der Waals surface area contributed by atoms with Gasteiger partial charge in [0, 0.05) is 10.4 Å². The van der Waals surface area contributed by atoms with E-state index in [0.29, 0.717) is 15.1 Å². The molecular formula is C24H14Cl2N2O6S2. The van der Waals surface area contributed by atoms with Crippen molar-refractivity contribution < 1.29 is 29.3 Å². The van der Waals surface area contributed by atoms with Crippen molar-refractivity contribution in [2.24, 2.45) is 0 Å². The zero-order chi connectivity index (χ0) is 25.7. The van der Waals surface area contributed by atoms with E-state index >= 15 is 0 Å².